The van der Waals surface area contributed by atoms with Gasteiger partial charge in [-0.1, -0.05) is 25.6 Å². The van der Waals surface area contributed by atoms with Crippen LogP contribution < -0.4 is 4.74 Å². The fourth-order valence-electron chi connectivity index (χ4n) is 3.30. The zero-order chi connectivity index (χ0) is 21.6. The predicted octanol–water partition coefficient (Wildman–Crippen LogP) is 5.05. The summed E-state index contributed by atoms with van der Waals surface area (Å²) in [5, 5.41) is 9.58. The lowest BCUT2D eigenvalue weighted by Crippen LogP contribution is -2.45. The molecule has 2 aromatic rings. The summed E-state index contributed by atoms with van der Waals surface area (Å²) in [6.07, 6.45) is 1.90. The number of thioether (sulfide) groups is 1. The monoisotopic (exact) mass is 418 g/mol. The Morgan fingerprint density at radius 3 is 2.14 bits per heavy atom. The average Bonchev–Trinajstić information content (AvgIpc) is 3.16. The summed E-state index contributed by atoms with van der Waals surface area (Å²) in [6, 6.07) is 8.44. The highest BCUT2D eigenvalue weighted by atomic mass is 32.2. The molecule has 0 N–H and O–H groups in total. The van der Waals surface area contributed by atoms with Crippen molar-refractivity contribution in [2.24, 2.45) is 0 Å². The normalized spacial score (nSPS) is 13.4. The first-order valence-electron chi connectivity index (χ1n) is 10.4. The molecule has 6 nitrogen and oxygen atoms in total. The molecule has 1 aromatic carbocycles. The number of hydrogen-bond acceptors (Lipinski definition) is 5. The minimum Gasteiger partial charge on any atom is -0.497 e. The number of aromatic nitrogens is 3. The average molecular weight is 419 g/mol. The first-order valence-corrected chi connectivity index (χ1v) is 11.4. The van der Waals surface area contributed by atoms with E-state index in [4.69, 9.17) is 4.74 Å². The molecule has 0 bridgehead atoms. The number of amides is 1. The molecule has 1 aromatic heterocycles. The third kappa shape index (κ3) is 5.53. The van der Waals surface area contributed by atoms with E-state index in [1.165, 1.54) is 11.8 Å². The highest BCUT2D eigenvalue weighted by Crippen LogP contribution is 2.29. The standard InChI is InChI=1S/C22H34N4O2S/c1-8-16(5)26(17(6)9-2)20(27)14-29-22-24-23-21(25(22)15(3)4)18-10-12-19(28-7)13-11-18/h10-13,15-17H,8-9,14H2,1-7H3/t16-,17-/m0/s1. The largest absolute Gasteiger partial charge is 0.497 e. The Hall–Kier alpha value is -2.02. The number of hydrogen-bond donors (Lipinski definition) is 0. The molecule has 160 valence electrons. The van der Waals surface area contributed by atoms with Crippen LogP contribution in [0.5, 0.6) is 5.75 Å². The van der Waals surface area contributed by atoms with E-state index in [0.717, 1.165) is 35.1 Å². The maximum Gasteiger partial charge on any atom is 0.233 e. The van der Waals surface area contributed by atoms with Crippen LogP contribution in [0.2, 0.25) is 0 Å². The van der Waals surface area contributed by atoms with Gasteiger partial charge in [0.25, 0.3) is 0 Å². The second-order valence-electron chi connectivity index (χ2n) is 7.60. The van der Waals surface area contributed by atoms with Crippen LogP contribution in [-0.4, -0.2) is 50.5 Å². The van der Waals surface area contributed by atoms with Gasteiger partial charge in [0.15, 0.2) is 11.0 Å². The third-order valence-corrected chi connectivity index (χ3v) is 6.20. The second-order valence-corrected chi connectivity index (χ2v) is 8.55. The van der Waals surface area contributed by atoms with Crippen molar-refractivity contribution in [2.75, 3.05) is 12.9 Å². The third-order valence-electron chi connectivity index (χ3n) is 5.27. The molecule has 7 heteroatoms. The zero-order valence-corrected chi connectivity index (χ0v) is 19.5. The number of rotatable bonds is 10. The Bertz CT molecular complexity index is 779. The molecule has 2 rings (SSSR count). The lowest BCUT2D eigenvalue weighted by molar-refractivity contribution is -0.132. The molecule has 1 heterocycles. The van der Waals surface area contributed by atoms with Crippen LogP contribution in [0, 0.1) is 0 Å². The number of carbonyl (C=O) groups excluding carboxylic acids is 1. The van der Waals surface area contributed by atoms with Crippen molar-refractivity contribution >= 4 is 17.7 Å². The van der Waals surface area contributed by atoms with E-state index in [2.05, 4.69) is 56.3 Å². The van der Waals surface area contributed by atoms with E-state index in [1.54, 1.807) is 7.11 Å². The smallest absolute Gasteiger partial charge is 0.233 e. The minimum absolute atomic E-state index is 0.156. The van der Waals surface area contributed by atoms with Crippen molar-refractivity contribution in [3.8, 4) is 17.1 Å². The molecule has 0 aliphatic rings. The number of nitrogens with zero attached hydrogens (tertiary/aromatic N) is 4. The van der Waals surface area contributed by atoms with Gasteiger partial charge >= 0.3 is 0 Å². The van der Waals surface area contributed by atoms with Gasteiger partial charge in [-0.15, -0.1) is 10.2 Å². The lowest BCUT2D eigenvalue weighted by atomic mass is 10.1. The van der Waals surface area contributed by atoms with Crippen LogP contribution in [0.25, 0.3) is 11.4 Å². The van der Waals surface area contributed by atoms with E-state index >= 15 is 0 Å². The van der Waals surface area contributed by atoms with Gasteiger partial charge in [-0.25, -0.2) is 0 Å². The topological polar surface area (TPSA) is 60.3 Å². The Morgan fingerprint density at radius 2 is 1.66 bits per heavy atom. The van der Waals surface area contributed by atoms with E-state index in [0.29, 0.717) is 5.75 Å². The molecule has 0 spiro atoms. The van der Waals surface area contributed by atoms with Crippen LogP contribution in [-0.2, 0) is 4.79 Å². The number of methoxy groups -OCH3 is 1. The van der Waals surface area contributed by atoms with Crippen molar-refractivity contribution in [1.29, 1.82) is 0 Å². The Labute approximate surface area is 179 Å². The SMILES string of the molecule is CC[C@H](C)N(C(=O)CSc1nnc(-c2ccc(OC)cc2)n1C(C)C)[C@@H](C)CC. The second kappa shape index (κ2) is 10.7. The van der Waals surface area contributed by atoms with Gasteiger partial charge in [-0.3, -0.25) is 9.36 Å². The molecule has 2 atom stereocenters. The maximum atomic E-state index is 13.0. The summed E-state index contributed by atoms with van der Waals surface area (Å²) in [4.78, 5) is 15.0. The van der Waals surface area contributed by atoms with Crippen LogP contribution in [0.1, 0.15) is 60.4 Å². The molecule has 29 heavy (non-hydrogen) atoms. The zero-order valence-electron chi connectivity index (χ0n) is 18.7. The van der Waals surface area contributed by atoms with Gasteiger partial charge in [0.05, 0.1) is 12.9 Å². The quantitative estimate of drug-likeness (QED) is 0.505. The van der Waals surface area contributed by atoms with Gasteiger partial charge in [0.1, 0.15) is 5.75 Å². The van der Waals surface area contributed by atoms with Crippen molar-refractivity contribution in [1.82, 2.24) is 19.7 Å². The predicted molar refractivity (Wildman–Crippen MR) is 119 cm³/mol. The molecule has 1 amide bonds. The van der Waals surface area contributed by atoms with Gasteiger partial charge in [0, 0.05) is 23.7 Å². The fourth-order valence-corrected chi connectivity index (χ4v) is 4.23. The highest BCUT2D eigenvalue weighted by molar-refractivity contribution is 7.99. The Balaban J connectivity index is 2.22. The molecule has 0 aliphatic heterocycles. The van der Waals surface area contributed by atoms with Crippen molar-refractivity contribution in [2.45, 2.75) is 77.7 Å². The van der Waals surface area contributed by atoms with Crippen molar-refractivity contribution in [3.63, 3.8) is 0 Å². The number of carbonyl (C=O) groups is 1. The van der Waals surface area contributed by atoms with E-state index < -0.39 is 0 Å². The molecule has 0 fully saturated rings. The molecule has 0 saturated carbocycles. The van der Waals surface area contributed by atoms with Crippen LogP contribution in [0.3, 0.4) is 0 Å². The van der Waals surface area contributed by atoms with E-state index in [1.807, 2.05) is 29.2 Å². The summed E-state index contributed by atoms with van der Waals surface area (Å²) in [5.41, 5.74) is 0.978. The first kappa shape index (κ1) is 23.3. The molecular weight excluding hydrogens is 384 g/mol. The fraction of sp³-hybridized carbons (Fsp3) is 0.591. The van der Waals surface area contributed by atoms with Crippen LogP contribution in [0.15, 0.2) is 29.4 Å². The van der Waals surface area contributed by atoms with E-state index in [-0.39, 0.29) is 24.0 Å². The molecule has 0 unspecified atom stereocenters. The summed E-state index contributed by atoms with van der Waals surface area (Å²) in [6.45, 7) is 12.7. The molecule has 0 saturated heterocycles. The Kier molecular flexibility index (Phi) is 8.56. The van der Waals surface area contributed by atoms with E-state index in [9.17, 15) is 4.79 Å². The molecular formula is C22H34N4O2S. The van der Waals surface area contributed by atoms with Crippen molar-refractivity contribution in [3.05, 3.63) is 24.3 Å². The van der Waals surface area contributed by atoms with Crippen LogP contribution >= 0.6 is 11.8 Å². The maximum absolute atomic E-state index is 13.0. The van der Waals surface area contributed by atoms with Gasteiger partial charge < -0.3 is 9.64 Å². The van der Waals surface area contributed by atoms with Gasteiger partial charge in [0.2, 0.25) is 5.91 Å². The van der Waals surface area contributed by atoms with Gasteiger partial charge in [-0.05, 0) is 64.8 Å². The summed E-state index contributed by atoms with van der Waals surface area (Å²) in [5.74, 6) is 2.13. The minimum atomic E-state index is 0.156. The molecule has 0 aliphatic carbocycles. The summed E-state index contributed by atoms with van der Waals surface area (Å²) < 4.78 is 7.34. The van der Waals surface area contributed by atoms with Gasteiger partial charge in [-0.2, -0.15) is 0 Å². The van der Waals surface area contributed by atoms with Crippen LogP contribution in [0.4, 0.5) is 0 Å². The Morgan fingerprint density at radius 1 is 1.07 bits per heavy atom. The van der Waals surface area contributed by atoms with Crippen molar-refractivity contribution < 1.29 is 9.53 Å². The summed E-state index contributed by atoms with van der Waals surface area (Å²) >= 11 is 1.46. The first-order chi connectivity index (χ1) is 13.8. The number of ether oxygens (including phenoxy) is 1. The molecule has 0 radical (unpaired) electrons. The number of benzene rings is 1. The highest BCUT2D eigenvalue weighted by Gasteiger charge is 2.25. The summed E-state index contributed by atoms with van der Waals surface area (Å²) in [7, 11) is 1.65. The lowest BCUT2D eigenvalue weighted by Gasteiger charge is -2.34.